The van der Waals surface area contributed by atoms with Gasteiger partial charge in [0.2, 0.25) is 0 Å². The van der Waals surface area contributed by atoms with E-state index in [0.29, 0.717) is 27.7 Å². The minimum atomic E-state index is -0.363. The first-order valence-corrected chi connectivity index (χ1v) is 11.7. The molecule has 1 aromatic carbocycles. The maximum Gasteiger partial charge on any atom is 0.292 e. The maximum absolute atomic E-state index is 13.1. The molecule has 2 aliphatic rings. The molecule has 0 radical (unpaired) electrons. The Bertz CT molecular complexity index is 1180. The number of fused-ring (bicyclic) bond motifs is 2. The quantitative estimate of drug-likeness (QED) is 0.557. The molecule has 2 amide bonds. The molecule has 31 heavy (non-hydrogen) atoms. The van der Waals surface area contributed by atoms with Crippen LogP contribution in [0.2, 0.25) is 5.02 Å². The molecule has 0 spiro atoms. The molecule has 5 rings (SSSR count). The minimum Gasteiger partial charge on any atom is -0.451 e. The van der Waals surface area contributed by atoms with Crippen molar-refractivity contribution >= 4 is 50.7 Å². The second kappa shape index (κ2) is 8.30. The lowest BCUT2D eigenvalue weighted by atomic mass is 10.1. The average molecular weight is 459 g/mol. The van der Waals surface area contributed by atoms with Crippen molar-refractivity contribution in [1.82, 2.24) is 5.32 Å². The molecule has 1 atom stereocenters. The summed E-state index contributed by atoms with van der Waals surface area (Å²) in [5, 5.41) is 7.92. The lowest BCUT2D eigenvalue weighted by Gasteiger charge is -2.12. The molecule has 1 aliphatic carbocycles. The van der Waals surface area contributed by atoms with Crippen LogP contribution in [0.4, 0.5) is 5.00 Å². The fraction of sp³-hybridized carbons (Fsp3) is 0.391. The van der Waals surface area contributed by atoms with Gasteiger partial charge in [0.1, 0.15) is 10.6 Å². The van der Waals surface area contributed by atoms with Gasteiger partial charge in [-0.15, -0.1) is 11.3 Å². The Kier molecular flexibility index (Phi) is 5.50. The highest BCUT2D eigenvalue weighted by atomic mass is 35.5. The molecule has 8 heteroatoms. The summed E-state index contributed by atoms with van der Waals surface area (Å²) in [5.74, 6) is -0.284. The lowest BCUT2D eigenvalue weighted by Crippen LogP contribution is -2.32. The van der Waals surface area contributed by atoms with E-state index in [-0.39, 0.29) is 23.7 Å². The highest BCUT2D eigenvalue weighted by Gasteiger charge is 2.29. The van der Waals surface area contributed by atoms with Gasteiger partial charge in [-0.25, -0.2) is 0 Å². The normalized spacial score (nSPS) is 17.8. The highest BCUT2D eigenvalue weighted by molar-refractivity contribution is 7.17. The summed E-state index contributed by atoms with van der Waals surface area (Å²) < 4.78 is 11.4. The summed E-state index contributed by atoms with van der Waals surface area (Å²) in [4.78, 5) is 27.3. The van der Waals surface area contributed by atoms with E-state index in [4.69, 9.17) is 20.8 Å². The van der Waals surface area contributed by atoms with Crippen LogP contribution in [-0.2, 0) is 17.6 Å². The van der Waals surface area contributed by atoms with Crippen molar-refractivity contribution in [3.63, 3.8) is 0 Å². The molecule has 6 nitrogen and oxygen atoms in total. The monoisotopic (exact) mass is 458 g/mol. The standard InChI is InChI=1S/C23H23ClN2O4S/c1-12-16-10-13(24)7-8-17(16)30-20(12)22(28)26-23-19(15-5-2-6-18(15)31-23)21(27)25-11-14-4-3-9-29-14/h7-8,10,14H,2-6,9,11H2,1H3,(H,25,27)(H,26,28)/t14-/m0/s1. The van der Waals surface area contributed by atoms with Crippen molar-refractivity contribution in [2.75, 3.05) is 18.5 Å². The summed E-state index contributed by atoms with van der Waals surface area (Å²) in [7, 11) is 0. The van der Waals surface area contributed by atoms with Crippen molar-refractivity contribution in [2.24, 2.45) is 0 Å². The Morgan fingerprint density at radius 2 is 2.10 bits per heavy atom. The number of carbonyl (C=O) groups excluding carboxylic acids is 2. The summed E-state index contributed by atoms with van der Waals surface area (Å²) >= 11 is 7.58. The van der Waals surface area contributed by atoms with Crippen LogP contribution in [0.3, 0.4) is 0 Å². The Labute approximate surface area is 188 Å². The molecular weight excluding hydrogens is 436 g/mol. The predicted octanol–water partition coefficient (Wildman–Crippen LogP) is 5.11. The Morgan fingerprint density at radius 1 is 1.23 bits per heavy atom. The number of hydrogen-bond donors (Lipinski definition) is 2. The second-order valence-electron chi connectivity index (χ2n) is 8.06. The third-order valence-electron chi connectivity index (χ3n) is 5.99. The summed E-state index contributed by atoms with van der Waals surface area (Å²) in [5.41, 5.74) is 2.97. The van der Waals surface area contributed by atoms with Gasteiger partial charge in [0.25, 0.3) is 11.8 Å². The van der Waals surface area contributed by atoms with Crippen LogP contribution in [0, 0.1) is 6.92 Å². The van der Waals surface area contributed by atoms with E-state index in [1.807, 2.05) is 6.92 Å². The zero-order valence-electron chi connectivity index (χ0n) is 17.2. The second-order valence-corrected chi connectivity index (χ2v) is 9.60. The Balaban J connectivity index is 1.41. The van der Waals surface area contributed by atoms with Crippen LogP contribution in [0.1, 0.15) is 56.2 Å². The summed E-state index contributed by atoms with van der Waals surface area (Å²) in [6.45, 7) is 3.07. The van der Waals surface area contributed by atoms with Gasteiger partial charge in [0.05, 0.1) is 11.7 Å². The number of aryl methyl sites for hydroxylation is 2. The highest BCUT2D eigenvalue weighted by Crippen LogP contribution is 2.39. The first-order valence-electron chi connectivity index (χ1n) is 10.6. The summed E-state index contributed by atoms with van der Waals surface area (Å²) in [6.07, 6.45) is 4.87. The van der Waals surface area contributed by atoms with E-state index in [9.17, 15) is 9.59 Å². The van der Waals surface area contributed by atoms with E-state index in [1.165, 1.54) is 16.2 Å². The largest absolute Gasteiger partial charge is 0.451 e. The fourth-order valence-electron chi connectivity index (χ4n) is 4.40. The number of carbonyl (C=O) groups is 2. The molecule has 0 saturated carbocycles. The molecule has 0 bridgehead atoms. The number of ether oxygens (including phenoxy) is 1. The third-order valence-corrected chi connectivity index (χ3v) is 7.44. The van der Waals surface area contributed by atoms with Crippen LogP contribution in [0.5, 0.6) is 0 Å². The first-order chi connectivity index (χ1) is 15.0. The van der Waals surface area contributed by atoms with Crippen molar-refractivity contribution < 1.29 is 18.7 Å². The van der Waals surface area contributed by atoms with E-state index >= 15 is 0 Å². The number of rotatable bonds is 5. The van der Waals surface area contributed by atoms with E-state index in [1.54, 1.807) is 18.2 Å². The van der Waals surface area contributed by atoms with E-state index < -0.39 is 0 Å². The molecule has 162 valence electrons. The van der Waals surface area contributed by atoms with Crippen LogP contribution < -0.4 is 10.6 Å². The number of hydrogen-bond acceptors (Lipinski definition) is 5. The van der Waals surface area contributed by atoms with E-state index in [2.05, 4.69) is 10.6 Å². The number of nitrogens with one attached hydrogen (secondary N) is 2. The average Bonchev–Trinajstić information content (AvgIpc) is 3.51. The molecule has 3 heterocycles. The summed E-state index contributed by atoms with van der Waals surface area (Å²) in [6, 6.07) is 5.27. The molecular formula is C23H23ClN2O4S. The van der Waals surface area contributed by atoms with Crippen molar-refractivity contribution in [1.29, 1.82) is 0 Å². The number of benzene rings is 1. The molecule has 0 unspecified atom stereocenters. The van der Waals surface area contributed by atoms with Crippen LogP contribution in [0.15, 0.2) is 22.6 Å². The smallest absolute Gasteiger partial charge is 0.292 e. The predicted molar refractivity (Wildman–Crippen MR) is 122 cm³/mol. The number of thiophene rings is 1. The SMILES string of the molecule is Cc1c(C(=O)Nc2sc3c(c2C(=O)NC[C@@H]2CCCO2)CCC3)oc2ccc(Cl)cc12. The fourth-order valence-corrected chi connectivity index (χ4v) is 5.86. The molecule has 2 aromatic heterocycles. The first kappa shape index (κ1) is 20.5. The van der Waals surface area contributed by atoms with Crippen molar-refractivity contribution in [3.05, 3.63) is 50.5 Å². The van der Waals surface area contributed by atoms with Crippen molar-refractivity contribution in [3.8, 4) is 0 Å². The van der Waals surface area contributed by atoms with Gasteiger partial charge in [-0.05, 0) is 62.8 Å². The number of halogens is 1. The molecule has 1 fully saturated rings. The van der Waals surface area contributed by atoms with Crippen LogP contribution >= 0.6 is 22.9 Å². The topological polar surface area (TPSA) is 80.6 Å². The molecule has 1 saturated heterocycles. The minimum absolute atomic E-state index is 0.0682. The van der Waals surface area contributed by atoms with E-state index in [0.717, 1.165) is 55.2 Å². The zero-order valence-corrected chi connectivity index (χ0v) is 18.8. The molecule has 1 aliphatic heterocycles. The van der Waals surface area contributed by atoms with Gasteiger partial charge in [-0.1, -0.05) is 11.6 Å². The van der Waals surface area contributed by atoms with Gasteiger partial charge < -0.3 is 19.8 Å². The van der Waals surface area contributed by atoms with Crippen LogP contribution in [-0.4, -0.2) is 31.1 Å². The number of furan rings is 1. The van der Waals surface area contributed by atoms with Gasteiger partial charge in [0.15, 0.2) is 5.76 Å². The van der Waals surface area contributed by atoms with Crippen molar-refractivity contribution in [2.45, 2.75) is 45.1 Å². The zero-order chi connectivity index (χ0) is 21.5. The van der Waals surface area contributed by atoms with Gasteiger partial charge in [0, 0.05) is 34.0 Å². The molecule has 3 aromatic rings. The third kappa shape index (κ3) is 3.86. The molecule has 2 N–H and O–H groups in total. The van der Waals surface area contributed by atoms with Gasteiger partial charge in [-0.3, -0.25) is 9.59 Å². The lowest BCUT2D eigenvalue weighted by molar-refractivity contribution is 0.0858. The van der Waals surface area contributed by atoms with Crippen LogP contribution in [0.25, 0.3) is 11.0 Å². The maximum atomic E-state index is 13.1. The number of anilines is 1. The van der Waals surface area contributed by atoms with Gasteiger partial charge in [-0.2, -0.15) is 0 Å². The van der Waals surface area contributed by atoms with Gasteiger partial charge >= 0.3 is 0 Å². The Morgan fingerprint density at radius 3 is 2.90 bits per heavy atom. The Hall–Kier alpha value is -2.35. The number of amides is 2.